The van der Waals surface area contributed by atoms with Gasteiger partial charge in [0.25, 0.3) is 5.91 Å². The molecule has 2 aliphatic heterocycles. The van der Waals surface area contributed by atoms with Crippen molar-refractivity contribution >= 4 is 46.8 Å². The van der Waals surface area contributed by atoms with E-state index in [4.69, 9.17) is 32.7 Å². The third kappa shape index (κ3) is 8.87. The Morgan fingerprint density at radius 3 is 2.24 bits per heavy atom. The van der Waals surface area contributed by atoms with E-state index >= 15 is 0 Å². The average Bonchev–Trinajstić information content (AvgIpc) is 3.51. The van der Waals surface area contributed by atoms with Crippen molar-refractivity contribution in [3.05, 3.63) is 52.5 Å². The number of piperazine rings is 1. The fraction of sp³-hybridized carbons (Fsp3) is 0.483. The lowest BCUT2D eigenvalue weighted by Gasteiger charge is -2.39. The van der Waals surface area contributed by atoms with Crippen molar-refractivity contribution in [1.82, 2.24) is 25.1 Å². The molecule has 2 fully saturated rings. The topological polar surface area (TPSA) is 97.9 Å². The van der Waals surface area contributed by atoms with Gasteiger partial charge < -0.3 is 29.5 Å². The minimum atomic E-state index is -0.389. The summed E-state index contributed by atoms with van der Waals surface area (Å²) in [5, 5.41) is 7.42. The summed E-state index contributed by atoms with van der Waals surface area (Å²) in [5.74, 6) is 0.538. The zero-order valence-electron chi connectivity index (χ0n) is 24.1. The Kier molecular flexibility index (Phi) is 11.5. The van der Waals surface area contributed by atoms with Crippen molar-refractivity contribution < 1.29 is 23.9 Å². The van der Waals surface area contributed by atoms with Crippen LogP contribution in [0.15, 0.2) is 42.5 Å². The highest BCUT2D eigenvalue weighted by Crippen LogP contribution is 2.35. The highest BCUT2D eigenvalue weighted by Gasteiger charge is 2.28. The first-order valence-electron chi connectivity index (χ1n) is 14.0. The third-order valence-corrected chi connectivity index (χ3v) is 7.87. The number of halogens is 2. The molecule has 4 rings (SSSR count). The minimum absolute atomic E-state index is 0.0764. The van der Waals surface area contributed by atoms with E-state index in [9.17, 15) is 14.4 Å². The number of nitrogens with one attached hydrogen (secondary N) is 1. The number of methoxy groups -OCH3 is 1. The van der Waals surface area contributed by atoms with Gasteiger partial charge in [-0.15, -0.1) is 0 Å². The molecule has 0 unspecified atom stereocenters. The number of likely N-dealkylation sites (N-methyl/N-ethyl adjacent to an activating group) is 1. The fourth-order valence-electron chi connectivity index (χ4n) is 5.00. The monoisotopic (exact) mass is 620 g/mol. The van der Waals surface area contributed by atoms with Crippen molar-refractivity contribution in [2.45, 2.75) is 12.8 Å². The van der Waals surface area contributed by atoms with Crippen LogP contribution in [-0.4, -0.2) is 117 Å². The lowest BCUT2D eigenvalue weighted by Crippen LogP contribution is -2.57. The maximum atomic E-state index is 13.6. The van der Waals surface area contributed by atoms with Gasteiger partial charge in [-0.2, -0.15) is 0 Å². The molecule has 0 aromatic heterocycles. The highest BCUT2D eigenvalue weighted by molar-refractivity contribution is 6.31. The van der Waals surface area contributed by atoms with Crippen LogP contribution in [-0.2, 0) is 14.3 Å². The number of hydrazine groups is 1. The number of hydrogen-bond acceptors (Lipinski definition) is 8. The molecule has 0 bridgehead atoms. The third-order valence-electron chi connectivity index (χ3n) is 7.39. The second kappa shape index (κ2) is 15.3. The zero-order chi connectivity index (χ0) is 30.1. The van der Waals surface area contributed by atoms with Gasteiger partial charge in [0.1, 0.15) is 5.75 Å². The zero-order valence-corrected chi connectivity index (χ0v) is 25.6. The number of amides is 3. The van der Waals surface area contributed by atoms with E-state index in [1.165, 1.54) is 25.0 Å². The number of rotatable bonds is 11. The molecule has 0 atom stereocenters. The van der Waals surface area contributed by atoms with Gasteiger partial charge in [-0.3, -0.25) is 14.6 Å². The average molecular weight is 622 g/mol. The van der Waals surface area contributed by atoms with Crippen LogP contribution >= 0.6 is 23.2 Å². The molecule has 3 amide bonds. The van der Waals surface area contributed by atoms with Gasteiger partial charge >= 0.3 is 6.09 Å². The quantitative estimate of drug-likeness (QED) is 0.407. The Bertz CT molecular complexity index is 1220. The summed E-state index contributed by atoms with van der Waals surface area (Å²) >= 11 is 12.4. The van der Waals surface area contributed by atoms with Crippen LogP contribution in [0.2, 0.25) is 10.0 Å². The summed E-state index contributed by atoms with van der Waals surface area (Å²) in [4.78, 5) is 44.2. The number of anilines is 1. The Hall–Kier alpha value is -3.25. The molecule has 13 heteroatoms. The number of hydrogen-bond donors (Lipinski definition) is 1. The van der Waals surface area contributed by atoms with E-state index in [1.807, 2.05) is 5.01 Å². The lowest BCUT2D eigenvalue weighted by atomic mass is 10.2. The van der Waals surface area contributed by atoms with Crippen LogP contribution in [0, 0.1) is 0 Å². The van der Waals surface area contributed by atoms with Crippen molar-refractivity contribution in [2.24, 2.45) is 0 Å². The molecular formula is C29H38Cl2N6O5. The van der Waals surface area contributed by atoms with Gasteiger partial charge in [-0.05, 0) is 68.4 Å². The maximum absolute atomic E-state index is 13.6. The van der Waals surface area contributed by atoms with Crippen molar-refractivity contribution in [1.29, 1.82) is 0 Å². The predicted octanol–water partition coefficient (Wildman–Crippen LogP) is 3.56. The predicted molar refractivity (Wildman–Crippen MR) is 162 cm³/mol. The molecule has 0 spiro atoms. The standard InChI is InChI=1S/C29H38Cl2N6O5/c1-33(37-17-15-35(16-18-37)29(40)41-2)28(39)21-36(20-27(38)32-11-14-34-12-3-4-13-34)25-19-23(31)7-10-26(25)42-24-8-5-22(30)6-9-24/h5-10,19H,3-4,11-18,20-21H2,1-2H3,(H,32,38). The molecule has 2 heterocycles. The molecule has 11 nitrogen and oxygen atoms in total. The van der Waals surface area contributed by atoms with Gasteiger partial charge in [0.2, 0.25) is 5.91 Å². The number of carbonyl (C=O) groups is 3. The van der Waals surface area contributed by atoms with Crippen LogP contribution in [0.1, 0.15) is 12.8 Å². The number of ether oxygens (including phenoxy) is 2. The molecule has 2 saturated heterocycles. The van der Waals surface area contributed by atoms with E-state index < -0.39 is 0 Å². The minimum Gasteiger partial charge on any atom is -0.455 e. The van der Waals surface area contributed by atoms with Crippen LogP contribution in [0.3, 0.4) is 0 Å². The summed E-state index contributed by atoms with van der Waals surface area (Å²) in [7, 11) is 3.04. The molecule has 0 saturated carbocycles. The first kappa shape index (κ1) is 31.7. The number of carbonyl (C=O) groups excluding carboxylic acids is 3. The summed E-state index contributed by atoms with van der Waals surface area (Å²) in [6, 6.07) is 12.0. The molecule has 1 N–H and O–H groups in total. The van der Waals surface area contributed by atoms with E-state index in [-0.39, 0.29) is 31.0 Å². The van der Waals surface area contributed by atoms with Crippen molar-refractivity contribution in [3.8, 4) is 11.5 Å². The van der Waals surface area contributed by atoms with E-state index in [0.29, 0.717) is 60.0 Å². The Balaban J connectivity index is 1.49. The smallest absolute Gasteiger partial charge is 0.409 e. The summed E-state index contributed by atoms with van der Waals surface area (Å²) in [5.41, 5.74) is 0.504. The largest absolute Gasteiger partial charge is 0.455 e. The molecule has 2 aromatic carbocycles. The molecule has 228 valence electrons. The second-order valence-corrected chi connectivity index (χ2v) is 11.1. The van der Waals surface area contributed by atoms with E-state index in [1.54, 1.807) is 59.3 Å². The molecule has 0 aliphatic carbocycles. The maximum Gasteiger partial charge on any atom is 0.409 e. The number of nitrogens with zero attached hydrogens (tertiary/aromatic N) is 5. The summed E-state index contributed by atoms with van der Waals surface area (Å²) < 4.78 is 11.0. The number of benzene rings is 2. The van der Waals surface area contributed by atoms with Gasteiger partial charge in [0.15, 0.2) is 5.75 Å². The van der Waals surface area contributed by atoms with E-state index in [0.717, 1.165) is 19.6 Å². The molecule has 2 aromatic rings. The summed E-state index contributed by atoms with van der Waals surface area (Å²) in [6.07, 6.45) is 1.97. The normalized spacial score (nSPS) is 15.8. The SMILES string of the molecule is COC(=O)N1CCN(N(C)C(=O)CN(CC(=O)NCCN2CCCC2)c2cc(Cl)ccc2Oc2ccc(Cl)cc2)CC1. The fourth-order valence-corrected chi connectivity index (χ4v) is 5.29. The van der Waals surface area contributed by atoms with Crippen molar-refractivity contribution in [2.75, 3.05) is 84.5 Å². The number of likely N-dealkylation sites (tertiary alicyclic amines) is 1. The van der Waals surface area contributed by atoms with Crippen LogP contribution in [0.5, 0.6) is 11.5 Å². The first-order valence-corrected chi connectivity index (χ1v) is 14.8. The van der Waals surface area contributed by atoms with Gasteiger partial charge in [-0.1, -0.05) is 23.2 Å². The lowest BCUT2D eigenvalue weighted by molar-refractivity contribution is -0.146. The van der Waals surface area contributed by atoms with Crippen LogP contribution in [0.4, 0.5) is 10.5 Å². The van der Waals surface area contributed by atoms with Gasteiger partial charge in [0.05, 0.1) is 25.9 Å². The van der Waals surface area contributed by atoms with Gasteiger partial charge in [0, 0.05) is 56.4 Å². The highest BCUT2D eigenvalue weighted by atomic mass is 35.5. The van der Waals surface area contributed by atoms with Gasteiger partial charge in [-0.25, -0.2) is 9.80 Å². The Labute approximate surface area is 256 Å². The molecular weight excluding hydrogens is 583 g/mol. The molecule has 2 aliphatic rings. The molecule has 0 radical (unpaired) electrons. The molecule has 42 heavy (non-hydrogen) atoms. The summed E-state index contributed by atoms with van der Waals surface area (Å²) in [6.45, 7) is 5.02. The second-order valence-electron chi connectivity index (χ2n) is 10.3. The van der Waals surface area contributed by atoms with Crippen LogP contribution in [0.25, 0.3) is 0 Å². The van der Waals surface area contributed by atoms with E-state index in [2.05, 4.69) is 10.2 Å². The first-order chi connectivity index (χ1) is 20.2. The van der Waals surface area contributed by atoms with Crippen molar-refractivity contribution in [3.63, 3.8) is 0 Å². The Morgan fingerprint density at radius 1 is 0.905 bits per heavy atom. The van der Waals surface area contributed by atoms with Crippen LogP contribution < -0.4 is 15.0 Å². The Morgan fingerprint density at radius 2 is 1.57 bits per heavy atom.